The van der Waals surface area contributed by atoms with Gasteiger partial charge in [-0.15, -0.1) is 0 Å². The number of alkyl halides is 3. The number of benzene rings is 3. The van der Waals surface area contributed by atoms with E-state index in [4.69, 9.17) is 23.2 Å². The van der Waals surface area contributed by atoms with Gasteiger partial charge in [-0.2, -0.15) is 18.3 Å². The number of aromatic nitrogens is 2. The van der Waals surface area contributed by atoms with Crippen LogP contribution in [-0.4, -0.2) is 24.5 Å². The van der Waals surface area contributed by atoms with Crippen LogP contribution in [0.4, 0.5) is 13.2 Å². The Kier molecular flexibility index (Phi) is 6.03. The van der Waals surface area contributed by atoms with Crippen LogP contribution < -0.4 is 0 Å². The summed E-state index contributed by atoms with van der Waals surface area (Å²) in [7, 11) is -3.49. The Bertz CT molecular complexity index is 1430. The SMILES string of the molecule is CS(=O)(=O)c1ccc(-c2c(-c3ccc(Cl)cc3Cl)c(C(F)(F)F)nn2-c2ccccc2)cc1. The number of halogens is 5. The van der Waals surface area contributed by atoms with Crippen molar-refractivity contribution in [3.8, 4) is 28.1 Å². The molecule has 0 saturated heterocycles. The van der Waals surface area contributed by atoms with E-state index in [0.717, 1.165) is 6.26 Å². The number of nitrogens with zero attached hydrogens (tertiary/aromatic N) is 2. The number of sulfone groups is 1. The van der Waals surface area contributed by atoms with Gasteiger partial charge in [-0.05, 0) is 36.4 Å². The van der Waals surface area contributed by atoms with Crippen molar-refractivity contribution in [2.24, 2.45) is 0 Å². The predicted molar refractivity (Wildman–Crippen MR) is 123 cm³/mol. The summed E-state index contributed by atoms with van der Waals surface area (Å²) in [6.07, 6.45) is -3.74. The van der Waals surface area contributed by atoms with E-state index in [1.54, 1.807) is 30.3 Å². The summed E-state index contributed by atoms with van der Waals surface area (Å²) in [6, 6.07) is 18.1. The zero-order valence-corrected chi connectivity index (χ0v) is 19.3. The van der Waals surface area contributed by atoms with Gasteiger partial charge in [0.2, 0.25) is 0 Å². The average molecular weight is 511 g/mol. The third-order valence-electron chi connectivity index (χ3n) is 4.91. The Morgan fingerprint density at radius 1 is 0.909 bits per heavy atom. The highest BCUT2D eigenvalue weighted by Crippen LogP contribution is 2.45. The summed E-state index contributed by atoms with van der Waals surface area (Å²) in [5.74, 6) is 0. The van der Waals surface area contributed by atoms with Crippen LogP contribution in [0.1, 0.15) is 5.69 Å². The van der Waals surface area contributed by atoms with Crippen LogP contribution in [0.5, 0.6) is 0 Å². The second kappa shape index (κ2) is 8.52. The third kappa shape index (κ3) is 4.64. The van der Waals surface area contributed by atoms with Crippen LogP contribution in [0, 0.1) is 0 Å². The van der Waals surface area contributed by atoms with E-state index in [0.29, 0.717) is 11.3 Å². The second-order valence-corrected chi connectivity index (χ2v) is 10.1. The molecule has 33 heavy (non-hydrogen) atoms. The standard InChI is InChI=1S/C23H15Cl2F3N2O2S/c1-33(31,32)17-10-7-14(8-11-17)21-20(18-12-9-15(24)13-19(18)25)22(23(26,27)28)29-30(21)16-5-3-2-4-6-16/h2-13H,1H3. The lowest BCUT2D eigenvalue weighted by molar-refractivity contribution is -0.140. The molecule has 0 aliphatic heterocycles. The molecule has 0 saturated carbocycles. The Labute approximate surface area is 198 Å². The molecule has 4 nitrogen and oxygen atoms in total. The van der Waals surface area contributed by atoms with Gasteiger partial charge in [0.05, 0.1) is 21.3 Å². The highest BCUT2D eigenvalue weighted by atomic mass is 35.5. The lowest BCUT2D eigenvalue weighted by Gasteiger charge is -2.13. The van der Waals surface area contributed by atoms with E-state index >= 15 is 0 Å². The normalized spacial score (nSPS) is 12.2. The van der Waals surface area contributed by atoms with Crippen molar-refractivity contribution in [1.82, 2.24) is 9.78 Å². The molecule has 0 aliphatic carbocycles. The van der Waals surface area contributed by atoms with E-state index in [-0.39, 0.29) is 31.8 Å². The monoisotopic (exact) mass is 510 g/mol. The zero-order valence-electron chi connectivity index (χ0n) is 16.9. The van der Waals surface area contributed by atoms with Gasteiger partial charge in [-0.25, -0.2) is 13.1 Å². The van der Waals surface area contributed by atoms with Crippen molar-refractivity contribution in [2.75, 3.05) is 6.26 Å². The molecule has 4 aromatic rings. The van der Waals surface area contributed by atoms with Crippen LogP contribution >= 0.6 is 23.2 Å². The van der Waals surface area contributed by atoms with Crippen molar-refractivity contribution in [3.63, 3.8) is 0 Å². The summed E-state index contributed by atoms with van der Waals surface area (Å²) >= 11 is 12.3. The van der Waals surface area contributed by atoms with E-state index in [2.05, 4.69) is 5.10 Å². The van der Waals surface area contributed by atoms with Crippen molar-refractivity contribution in [1.29, 1.82) is 0 Å². The molecule has 0 fully saturated rings. The first-order valence-electron chi connectivity index (χ1n) is 9.48. The Morgan fingerprint density at radius 2 is 1.55 bits per heavy atom. The Morgan fingerprint density at radius 3 is 2.09 bits per heavy atom. The zero-order chi connectivity index (χ0) is 24.0. The minimum Gasteiger partial charge on any atom is -0.232 e. The number of hydrogen-bond acceptors (Lipinski definition) is 3. The summed E-state index contributed by atoms with van der Waals surface area (Å²) in [6.45, 7) is 0. The third-order valence-corrected chi connectivity index (χ3v) is 6.59. The van der Waals surface area contributed by atoms with Gasteiger partial charge >= 0.3 is 6.18 Å². The van der Waals surface area contributed by atoms with Crippen molar-refractivity contribution in [2.45, 2.75) is 11.1 Å². The number of para-hydroxylation sites is 1. The molecule has 0 spiro atoms. The first-order chi connectivity index (χ1) is 15.5. The first-order valence-corrected chi connectivity index (χ1v) is 12.1. The van der Waals surface area contributed by atoms with Gasteiger partial charge in [0.15, 0.2) is 15.5 Å². The molecule has 3 aromatic carbocycles. The fraction of sp³-hybridized carbons (Fsp3) is 0.0870. The fourth-order valence-electron chi connectivity index (χ4n) is 3.45. The maximum absolute atomic E-state index is 14.2. The van der Waals surface area contributed by atoms with Gasteiger partial charge in [0, 0.05) is 28.0 Å². The molecule has 10 heteroatoms. The molecule has 0 amide bonds. The highest BCUT2D eigenvalue weighted by molar-refractivity contribution is 7.90. The number of hydrogen-bond donors (Lipinski definition) is 0. The molecule has 4 rings (SSSR count). The van der Waals surface area contributed by atoms with Crippen LogP contribution in [0.2, 0.25) is 10.0 Å². The molecule has 1 aromatic heterocycles. The molecule has 0 unspecified atom stereocenters. The van der Waals surface area contributed by atoms with Crippen molar-refractivity contribution >= 4 is 33.0 Å². The quantitative estimate of drug-likeness (QED) is 0.299. The van der Waals surface area contributed by atoms with Gasteiger partial charge in [0.1, 0.15) is 0 Å². The molecule has 0 aliphatic rings. The fourth-order valence-corrected chi connectivity index (χ4v) is 4.58. The maximum atomic E-state index is 14.2. The second-order valence-electron chi connectivity index (χ2n) is 7.24. The van der Waals surface area contributed by atoms with Crippen LogP contribution in [0.25, 0.3) is 28.1 Å². The minimum absolute atomic E-state index is 0.0228. The van der Waals surface area contributed by atoms with E-state index in [9.17, 15) is 21.6 Å². The van der Waals surface area contributed by atoms with Gasteiger partial charge in [-0.1, -0.05) is 59.6 Å². The van der Waals surface area contributed by atoms with E-state index in [1.807, 2.05) is 0 Å². The van der Waals surface area contributed by atoms with Gasteiger partial charge in [0.25, 0.3) is 0 Å². The molecule has 170 valence electrons. The summed E-state index contributed by atoms with van der Waals surface area (Å²) < 4.78 is 67.4. The van der Waals surface area contributed by atoms with Crippen LogP contribution in [0.15, 0.2) is 77.7 Å². The molecule has 0 bridgehead atoms. The lowest BCUT2D eigenvalue weighted by Crippen LogP contribution is -2.08. The Balaban J connectivity index is 2.11. The maximum Gasteiger partial charge on any atom is 0.435 e. The van der Waals surface area contributed by atoms with Crippen LogP contribution in [0.3, 0.4) is 0 Å². The summed E-state index contributed by atoms with van der Waals surface area (Å²) in [5, 5.41) is 4.21. The van der Waals surface area contributed by atoms with Gasteiger partial charge < -0.3 is 0 Å². The molecule has 0 radical (unpaired) electrons. The lowest BCUT2D eigenvalue weighted by atomic mass is 9.98. The average Bonchev–Trinajstić information content (AvgIpc) is 3.15. The smallest absolute Gasteiger partial charge is 0.232 e. The van der Waals surface area contributed by atoms with Crippen molar-refractivity contribution < 1.29 is 21.6 Å². The minimum atomic E-state index is -4.79. The van der Waals surface area contributed by atoms with Gasteiger partial charge in [-0.3, -0.25) is 0 Å². The molecular formula is C23H15Cl2F3N2O2S. The molecular weight excluding hydrogens is 496 g/mol. The van der Waals surface area contributed by atoms with E-state index in [1.165, 1.54) is 47.1 Å². The summed E-state index contributed by atoms with van der Waals surface area (Å²) in [4.78, 5) is 0.0409. The highest BCUT2D eigenvalue weighted by Gasteiger charge is 2.40. The molecule has 0 atom stereocenters. The molecule has 1 heterocycles. The summed E-state index contributed by atoms with van der Waals surface area (Å²) in [5.41, 5.74) is -0.440. The van der Waals surface area contributed by atoms with E-state index < -0.39 is 21.7 Å². The number of rotatable bonds is 4. The largest absolute Gasteiger partial charge is 0.435 e. The predicted octanol–water partition coefficient (Wildman–Crippen LogP) is 6.94. The first kappa shape index (κ1) is 23.4. The molecule has 0 N–H and O–H groups in total. The van der Waals surface area contributed by atoms with Crippen LogP contribution in [-0.2, 0) is 16.0 Å². The topological polar surface area (TPSA) is 52.0 Å². The van der Waals surface area contributed by atoms with Crippen molar-refractivity contribution in [3.05, 3.63) is 88.5 Å². The Hall–Kier alpha value is -2.81.